The molecule has 1 aromatic heterocycles. The van der Waals surface area contributed by atoms with Crippen LogP contribution in [0.3, 0.4) is 0 Å². The Hall–Kier alpha value is -5.38. The molecule has 0 spiro atoms. The highest BCUT2D eigenvalue weighted by Gasteiger charge is 2.45. The number of nitrogens with zero attached hydrogens (tertiary/aromatic N) is 2. The molecule has 0 atom stereocenters. The van der Waals surface area contributed by atoms with Crippen LogP contribution in [0, 0.1) is 11.3 Å². The summed E-state index contributed by atoms with van der Waals surface area (Å²) in [4.78, 5) is 0. The Morgan fingerprint density at radius 1 is 0.545 bits per heavy atom. The lowest BCUT2D eigenvalue weighted by Crippen LogP contribution is -2.75. The van der Waals surface area contributed by atoms with Gasteiger partial charge in [0, 0.05) is 10.8 Å². The first kappa shape index (κ1) is 27.5. The second kappa shape index (κ2) is 10.7. The molecule has 7 aromatic rings. The number of nitriles is 1. The number of hydrogen-bond acceptors (Lipinski definition) is 1. The minimum Gasteiger partial charge on any atom is -0.309 e. The number of aromatic nitrogens is 1. The molecule has 0 aliphatic heterocycles. The van der Waals surface area contributed by atoms with Gasteiger partial charge < -0.3 is 4.57 Å². The molecular formula is C38H25F3N2Si. The van der Waals surface area contributed by atoms with Crippen LogP contribution in [0.25, 0.3) is 27.5 Å². The summed E-state index contributed by atoms with van der Waals surface area (Å²) in [5.74, 6) is 0. The van der Waals surface area contributed by atoms with Crippen LogP contribution in [0.1, 0.15) is 11.1 Å². The standard InChI is InChI=1S/C38H25F3N2Si/c39-38(40,41)33-24-27(26-42)37(25-36(33)43-34-22-12-10-20-31(34)32-21-11-13-23-35(32)43)44(28-14-4-1-5-15-28,29-16-6-2-7-17-29)30-18-8-3-9-19-30/h1-25H. The maximum Gasteiger partial charge on any atom is 0.418 e. The van der Waals surface area contributed by atoms with Crippen LogP contribution in [0.5, 0.6) is 0 Å². The lowest BCUT2D eigenvalue weighted by molar-refractivity contribution is -0.137. The van der Waals surface area contributed by atoms with E-state index in [2.05, 4.69) is 6.07 Å². The van der Waals surface area contributed by atoms with Crippen molar-refractivity contribution in [2.45, 2.75) is 6.18 Å². The van der Waals surface area contributed by atoms with Gasteiger partial charge in [-0.2, -0.15) is 18.4 Å². The summed E-state index contributed by atoms with van der Waals surface area (Å²) in [5, 5.41) is 15.8. The molecule has 0 aliphatic rings. The fourth-order valence-electron chi connectivity index (χ4n) is 6.62. The highest BCUT2D eigenvalue weighted by molar-refractivity contribution is 7.20. The predicted molar refractivity (Wildman–Crippen MR) is 174 cm³/mol. The molecule has 44 heavy (non-hydrogen) atoms. The second-order valence-corrected chi connectivity index (χ2v) is 14.5. The van der Waals surface area contributed by atoms with Gasteiger partial charge in [0.2, 0.25) is 0 Å². The molecule has 6 aromatic carbocycles. The van der Waals surface area contributed by atoms with Crippen molar-refractivity contribution in [1.82, 2.24) is 4.57 Å². The number of fused-ring (bicyclic) bond motifs is 3. The first-order chi connectivity index (χ1) is 21.4. The van der Waals surface area contributed by atoms with Gasteiger partial charge in [-0.3, -0.25) is 0 Å². The molecule has 0 bridgehead atoms. The van der Waals surface area contributed by atoms with Crippen LogP contribution < -0.4 is 20.7 Å². The Kier molecular flexibility index (Phi) is 6.68. The van der Waals surface area contributed by atoms with Gasteiger partial charge in [-0.05, 0) is 45.0 Å². The Morgan fingerprint density at radius 3 is 1.36 bits per heavy atom. The number of halogens is 3. The molecule has 2 nitrogen and oxygen atoms in total. The number of para-hydroxylation sites is 2. The molecule has 1 heterocycles. The molecule has 0 unspecified atom stereocenters. The SMILES string of the molecule is N#Cc1cc(C(F)(F)F)c(-n2c3ccccc3c3ccccc32)cc1[Si](c1ccccc1)(c1ccccc1)c1ccccc1. The van der Waals surface area contributed by atoms with Crippen molar-refractivity contribution in [3.63, 3.8) is 0 Å². The van der Waals surface area contributed by atoms with Gasteiger partial charge in [-0.15, -0.1) is 0 Å². The van der Waals surface area contributed by atoms with Crippen LogP contribution in [0.2, 0.25) is 0 Å². The van der Waals surface area contributed by atoms with Crippen LogP contribution >= 0.6 is 0 Å². The Morgan fingerprint density at radius 2 is 0.955 bits per heavy atom. The second-order valence-electron chi connectivity index (χ2n) is 10.7. The summed E-state index contributed by atoms with van der Waals surface area (Å²) in [6.45, 7) is 0. The maximum atomic E-state index is 15.0. The molecule has 0 amide bonds. The maximum absolute atomic E-state index is 15.0. The van der Waals surface area contributed by atoms with Crippen molar-refractivity contribution in [3.8, 4) is 11.8 Å². The molecular weight excluding hydrogens is 570 g/mol. The van der Waals surface area contributed by atoms with Gasteiger partial charge >= 0.3 is 6.18 Å². The van der Waals surface area contributed by atoms with E-state index < -0.39 is 19.8 Å². The van der Waals surface area contributed by atoms with Gasteiger partial charge in [0.1, 0.15) is 0 Å². The first-order valence-corrected chi connectivity index (χ1v) is 16.3. The smallest absolute Gasteiger partial charge is 0.309 e. The van der Waals surface area contributed by atoms with E-state index >= 15 is 13.2 Å². The van der Waals surface area contributed by atoms with Crippen LogP contribution in [0.15, 0.2) is 152 Å². The minimum atomic E-state index is -4.71. The lowest BCUT2D eigenvalue weighted by atomic mass is 10.1. The van der Waals surface area contributed by atoms with Crippen molar-refractivity contribution in [3.05, 3.63) is 163 Å². The Bertz CT molecular complexity index is 2010. The molecule has 0 saturated heterocycles. The van der Waals surface area contributed by atoms with Gasteiger partial charge in [0.25, 0.3) is 0 Å². The summed E-state index contributed by atoms with van der Waals surface area (Å²) in [7, 11) is -3.33. The molecule has 0 radical (unpaired) electrons. The highest BCUT2D eigenvalue weighted by Crippen LogP contribution is 2.39. The fourth-order valence-corrected chi connectivity index (χ4v) is 11.5. The fraction of sp³-hybridized carbons (Fsp3) is 0.0263. The van der Waals surface area contributed by atoms with Crippen LogP contribution in [-0.4, -0.2) is 12.6 Å². The third-order valence-electron chi connectivity index (χ3n) is 8.41. The van der Waals surface area contributed by atoms with Crippen LogP contribution in [0.4, 0.5) is 13.2 Å². The molecule has 212 valence electrons. The van der Waals surface area contributed by atoms with Gasteiger partial charge in [0.15, 0.2) is 8.07 Å². The summed E-state index contributed by atoms with van der Waals surface area (Å²) >= 11 is 0. The van der Waals surface area contributed by atoms with Crippen molar-refractivity contribution < 1.29 is 13.2 Å². The zero-order valence-corrected chi connectivity index (χ0v) is 24.5. The van der Waals surface area contributed by atoms with Crippen LogP contribution in [-0.2, 0) is 6.18 Å². The Balaban J connectivity index is 1.70. The topological polar surface area (TPSA) is 28.7 Å². The van der Waals surface area contributed by atoms with E-state index in [9.17, 15) is 5.26 Å². The molecule has 0 aliphatic carbocycles. The normalized spacial score (nSPS) is 12.0. The third-order valence-corrected chi connectivity index (χ3v) is 13.2. The van der Waals surface area contributed by atoms with E-state index in [1.54, 1.807) is 10.6 Å². The van der Waals surface area contributed by atoms with Gasteiger partial charge in [-0.1, -0.05) is 127 Å². The summed E-state index contributed by atoms with van der Waals surface area (Å²) in [5.41, 5.74) is 0.512. The average Bonchev–Trinajstić information content (AvgIpc) is 3.40. The number of benzene rings is 6. The van der Waals surface area contributed by atoms with E-state index in [0.717, 1.165) is 32.4 Å². The zero-order chi connectivity index (χ0) is 30.3. The summed E-state index contributed by atoms with van der Waals surface area (Å²) < 4.78 is 46.8. The average molecular weight is 595 g/mol. The molecule has 0 N–H and O–H groups in total. The first-order valence-electron chi connectivity index (χ1n) is 14.3. The molecule has 7 rings (SSSR count). The van der Waals surface area contributed by atoms with Crippen molar-refractivity contribution in [2.24, 2.45) is 0 Å². The van der Waals surface area contributed by atoms with E-state index in [1.807, 2.05) is 140 Å². The van der Waals surface area contributed by atoms with Crippen molar-refractivity contribution >= 4 is 50.6 Å². The lowest BCUT2D eigenvalue weighted by Gasteiger charge is -2.35. The largest absolute Gasteiger partial charge is 0.418 e. The highest BCUT2D eigenvalue weighted by atomic mass is 28.3. The summed E-state index contributed by atoms with van der Waals surface area (Å²) in [6, 6.07) is 49.6. The van der Waals surface area contributed by atoms with E-state index in [0.29, 0.717) is 16.2 Å². The number of rotatable bonds is 5. The quantitative estimate of drug-likeness (QED) is 0.155. The summed E-state index contributed by atoms with van der Waals surface area (Å²) in [6.07, 6.45) is -4.71. The predicted octanol–water partition coefficient (Wildman–Crippen LogP) is 7.05. The molecule has 6 heteroatoms. The van der Waals surface area contributed by atoms with E-state index in [4.69, 9.17) is 0 Å². The Labute approximate surface area is 253 Å². The zero-order valence-electron chi connectivity index (χ0n) is 23.5. The van der Waals surface area contributed by atoms with E-state index in [1.165, 1.54) is 0 Å². The van der Waals surface area contributed by atoms with Gasteiger partial charge in [0.05, 0.1) is 33.9 Å². The van der Waals surface area contributed by atoms with Gasteiger partial charge in [-0.25, -0.2) is 0 Å². The molecule has 0 saturated carbocycles. The monoisotopic (exact) mass is 594 g/mol. The number of hydrogen-bond donors (Lipinski definition) is 0. The van der Waals surface area contributed by atoms with E-state index in [-0.39, 0.29) is 11.3 Å². The molecule has 0 fully saturated rings. The third kappa shape index (κ3) is 4.24. The number of alkyl halides is 3. The van der Waals surface area contributed by atoms with Crippen molar-refractivity contribution in [1.29, 1.82) is 5.26 Å². The van der Waals surface area contributed by atoms with Crippen molar-refractivity contribution in [2.75, 3.05) is 0 Å². The minimum absolute atomic E-state index is 0.00330.